The molecule has 1 aromatic carbocycles. The lowest BCUT2D eigenvalue weighted by Crippen LogP contribution is -2.37. The van der Waals surface area contributed by atoms with Crippen molar-refractivity contribution in [2.75, 3.05) is 11.4 Å². The predicted octanol–water partition coefficient (Wildman–Crippen LogP) is 4.67. The van der Waals surface area contributed by atoms with E-state index in [0.29, 0.717) is 39.8 Å². The molecule has 0 saturated carbocycles. The highest BCUT2D eigenvalue weighted by Crippen LogP contribution is 2.33. The molecule has 5 nitrogen and oxygen atoms in total. The first kappa shape index (κ1) is 17.0. The lowest BCUT2D eigenvalue weighted by atomic mass is 10.0. The van der Waals surface area contributed by atoms with E-state index >= 15 is 0 Å². The smallest absolute Gasteiger partial charge is 0.263 e. The molecule has 0 radical (unpaired) electrons. The third-order valence-corrected chi connectivity index (χ3v) is 4.91. The summed E-state index contributed by atoms with van der Waals surface area (Å²) in [6, 6.07) is 6.74. The van der Waals surface area contributed by atoms with Crippen molar-refractivity contribution in [1.82, 2.24) is 4.98 Å². The minimum atomic E-state index is -0.393. The van der Waals surface area contributed by atoms with Crippen LogP contribution in [0.2, 0.25) is 0 Å². The maximum Gasteiger partial charge on any atom is 0.263 e. The number of hydrogen-bond donors (Lipinski definition) is 0. The molecule has 0 fully saturated rings. The highest BCUT2D eigenvalue weighted by molar-refractivity contribution is 9.10. The van der Waals surface area contributed by atoms with Crippen molar-refractivity contribution in [1.29, 1.82) is 0 Å². The van der Waals surface area contributed by atoms with Gasteiger partial charge in [-0.25, -0.2) is 9.37 Å². The number of benzene rings is 1. The topological polar surface area (TPSA) is 59.5 Å². The van der Waals surface area contributed by atoms with E-state index < -0.39 is 5.82 Å². The van der Waals surface area contributed by atoms with Crippen LogP contribution >= 0.6 is 15.9 Å². The molecule has 1 aliphatic rings. The highest BCUT2D eigenvalue weighted by Gasteiger charge is 2.27. The summed E-state index contributed by atoms with van der Waals surface area (Å²) in [4.78, 5) is 18.7. The molecule has 1 aliphatic heterocycles. The maximum atomic E-state index is 14.5. The molecule has 26 heavy (non-hydrogen) atoms. The molecule has 0 N–H and O–H groups in total. The molecule has 0 atom stereocenters. The number of anilines is 1. The average Bonchev–Trinajstić information content (AvgIpc) is 3.24. The maximum absolute atomic E-state index is 14.5. The Hall–Kier alpha value is -2.41. The Kier molecular flexibility index (Phi) is 4.40. The summed E-state index contributed by atoms with van der Waals surface area (Å²) in [5.74, 6) is 0.805. The van der Waals surface area contributed by atoms with E-state index in [4.69, 9.17) is 8.83 Å². The second-order valence-corrected chi connectivity index (χ2v) is 7.14. The van der Waals surface area contributed by atoms with Gasteiger partial charge in [0.05, 0.1) is 24.1 Å². The summed E-state index contributed by atoms with van der Waals surface area (Å²) < 4.78 is 26.0. The molecule has 134 valence electrons. The van der Waals surface area contributed by atoms with Crippen LogP contribution in [0.15, 0.2) is 43.8 Å². The van der Waals surface area contributed by atoms with E-state index in [1.807, 2.05) is 6.07 Å². The quantitative estimate of drug-likeness (QED) is 0.620. The van der Waals surface area contributed by atoms with E-state index in [-0.39, 0.29) is 12.3 Å². The summed E-state index contributed by atoms with van der Waals surface area (Å²) in [5, 5.41) is 0. The number of carbonyl (C=O) groups is 1. The third-order valence-electron chi connectivity index (χ3n) is 4.45. The second-order valence-electron chi connectivity index (χ2n) is 6.22. The zero-order valence-corrected chi connectivity index (χ0v) is 15.7. The van der Waals surface area contributed by atoms with Gasteiger partial charge in [0.15, 0.2) is 5.76 Å². The number of carbonyl (C=O) groups excluding carboxylic acids is 1. The normalized spacial score (nSPS) is 13.7. The number of furan rings is 1. The van der Waals surface area contributed by atoms with E-state index in [0.717, 1.165) is 18.4 Å². The molecule has 0 bridgehead atoms. The lowest BCUT2D eigenvalue weighted by molar-refractivity contribution is -0.118. The van der Waals surface area contributed by atoms with Crippen molar-refractivity contribution in [3.8, 4) is 11.7 Å². The summed E-state index contributed by atoms with van der Waals surface area (Å²) in [5.41, 5.74) is 1.74. The molecular formula is C19H16BrFN2O3. The number of nitrogens with zero attached hydrogens (tertiary/aromatic N) is 2. The number of aromatic nitrogens is 1. The van der Waals surface area contributed by atoms with Gasteiger partial charge in [0.2, 0.25) is 5.91 Å². The van der Waals surface area contributed by atoms with Gasteiger partial charge >= 0.3 is 0 Å². The fourth-order valence-corrected chi connectivity index (χ4v) is 3.71. The molecule has 0 unspecified atom stereocenters. The van der Waals surface area contributed by atoms with Gasteiger partial charge in [-0.3, -0.25) is 4.79 Å². The Morgan fingerprint density at radius 2 is 2.27 bits per heavy atom. The fraction of sp³-hybridized carbons (Fsp3) is 0.263. The molecule has 0 aliphatic carbocycles. The fourth-order valence-electron chi connectivity index (χ4n) is 3.24. The van der Waals surface area contributed by atoms with Gasteiger partial charge in [0.1, 0.15) is 11.6 Å². The molecular weight excluding hydrogens is 403 g/mol. The molecule has 3 heterocycles. The number of amides is 1. The van der Waals surface area contributed by atoms with Crippen LogP contribution in [0.3, 0.4) is 0 Å². The number of oxazole rings is 1. The zero-order chi connectivity index (χ0) is 18.3. The molecule has 0 spiro atoms. The minimum absolute atomic E-state index is 0.0466. The first-order chi connectivity index (χ1) is 12.5. The van der Waals surface area contributed by atoms with Gasteiger partial charge in [-0.15, -0.1) is 0 Å². The Morgan fingerprint density at radius 3 is 3.04 bits per heavy atom. The molecule has 7 heteroatoms. The van der Waals surface area contributed by atoms with E-state index in [1.165, 1.54) is 17.2 Å². The zero-order valence-electron chi connectivity index (χ0n) is 14.1. The highest BCUT2D eigenvalue weighted by atomic mass is 79.9. The predicted molar refractivity (Wildman–Crippen MR) is 97.4 cm³/mol. The molecule has 4 rings (SSSR count). The number of aryl methyl sites for hydroxylation is 2. The summed E-state index contributed by atoms with van der Waals surface area (Å²) in [6.45, 7) is 2.25. The number of halogens is 2. The van der Waals surface area contributed by atoms with Crippen LogP contribution in [-0.2, 0) is 17.6 Å². The van der Waals surface area contributed by atoms with Gasteiger partial charge < -0.3 is 13.7 Å². The van der Waals surface area contributed by atoms with Gasteiger partial charge in [-0.2, -0.15) is 0 Å². The first-order valence-corrected chi connectivity index (χ1v) is 9.10. The van der Waals surface area contributed by atoms with E-state index in [9.17, 15) is 9.18 Å². The van der Waals surface area contributed by atoms with Crippen molar-refractivity contribution < 1.29 is 18.0 Å². The van der Waals surface area contributed by atoms with Crippen LogP contribution in [0.1, 0.15) is 23.4 Å². The van der Waals surface area contributed by atoms with Crippen LogP contribution in [-0.4, -0.2) is 17.4 Å². The Balaban J connectivity index is 1.61. The Bertz CT molecular complexity index is 966. The molecule has 2 aromatic heterocycles. The first-order valence-electron chi connectivity index (χ1n) is 8.31. The third kappa shape index (κ3) is 3.07. The van der Waals surface area contributed by atoms with Gasteiger partial charge in [0, 0.05) is 11.0 Å². The standard InChI is InChI=1S/C19H16BrFN2O3/c1-11-15(22-19(26-11)16-5-3-7-25-16)10-17(24)23-6-2-4-12-8-13(20)9-14(21)18(12)23/h3,5,7-9H,2,4,6,10H2,1H3. The van der Waals surface area contributed by atoms with Gasteiger partial charge in [0.25, 0.3) is 5.89 Å². The summed E-state index contributed by atoms with van der Waals surface area (Å²) in [7, 11) is 0. The monoisotopic (exact) mass is 418 g/mol. The largest absolute Gasteiger partial charge is 0.459 e. The number of hydrogen-bond acceptors (Lipinski definition) is 4. The molecule has 1 amide bonds. The van der Waals surface area contributed by atoms with E-state index in [1.54, 1.807) is 19.1 Å². The van der Waals surface area contributed by atoms with Crippen molar-refractivity contribution >= 4 is 27.5 Å². The second kappa shape index (κ2) is 6.72. The minimum Gasteiger partial charge on any atom is -0.459 e. The van der Waals surface area contributed by atoms with Crippen molar-refractivity contribution in [2.45, 2.75) is 26.2 Å². The summed E-state index contributed by atoms with van der Waals surface area (Å²) >= 11 is 3.31. The Labute approximate surface area is 157 Å². The SMILES string of the molecule is Cc1oc(-c2ccco2)nc1CC(=O)N1CCCc2cc(Br)cc(F)c21. The molecule has 0 saturated heterocycles. The number of fused-ring (bicyclic) bond motifs is 1. The van der Waals surface area contributed by atoms with Gasteiger partial charge in [-0.1, -0.05) is 15.9 Å². The van der Waals surface area contributed by atoms with Crippen molar-refractivity contribution in [3.05, 3.63) is 57.8 Å². The van der Waals surface area contributed by atoms with Crippen molar-refractivity contribution in [2.24, 2.45) is 0 Å². The van der Waals surface area contributed by atoms with Crippen LogP contribution in [0.4, 0.5) is 10.1 Å². The number of rotatable bonds is 3. The van der Waals surface area contributed by atoms with Crippen LogP contribution < -0.4 is 4.90 Å². The van der Waals surface area contributed by atoms with Crippen LogP contribution in [0, 0.1) is 12.7 Å². The lowest BCUT2D eigenvalue weighted by Gasteiger charge is -2.30. The van der Waals surface area contributed by atoms with Gasteiger partial charge in [-0.05, 0) is 49.6 Å². The van der Waals surface area contributed by atoms with Crippen molar-refractivity contribution in [3.63, 3.8) is 0 Å². The van der Waals surface area contributed by atoms with Crippen LogP contribution in [0.5, 0.6) is 0 Å². The average molecular weight is 419 g/mol. The summed E-state index contributed by atoms with van der Waals surface area (Å²) in [6.07, 6.45) is 3.13. The molecule has 3 aromatic rings. The van der Waals surface area contributed by atoms with E-state index in [2.05, 4.69) is 20.9 Å². The van der Waals surface area contributed by atoms with Crippen LogP contribution in [0.25, 0.3) is 11.7 Å². The Morgan fingerprint density at radius 1 is 1.42 bits per heavy atom.